The molecule has 3 atom stereocenters. The largest absolute Gasteiger partial charge is 0.479 e. The molecule has 0 saturated carbocycles. The fourth-order valence-electron chi connectivity index (χ4n) is 3.59. The van der Waals surface area contributed by atoms with Gasteiger partial charge in [-0.25, -0.2) is 9.59 Å². The number of likely N-dealkylation sites (tertiary alicyclic amines) is 2. The summed E-state index contributed by atoms with van der Waals surface area (Å²) in [5.74, 6) is -0.880. The first-order valence-electron chi connectivity index (χ1n) is 7.92. The zero-order valence-corrected chi connectivity index (χ0v) is 13.3. The van der Waals surface area contributed by atoms with E-state index >= 15 is 0 Å². The number of rotatable bonds is 3. The number of carboxylic acids is 1. The first-order chi connectivity index (χ1) is 9.90. The van der Waals surface area contributed by atoms with E-state index in [4.69, 9.17) is 0 Å². The van der Waals surface area contributed by atoms with Gasteiger partial charge in [0, 0.05) is 25.2 Å². The SMILES string of the molecule is CCC1(C(=O)O)CCCN1C(=O)NC1CCN(C)C(C)C1. The molecular formula is C15H27N3O3. The average Bonchev–Trinajstić information content (AvgIpc) is 2.88. The predicted octanol–water partition coefficient (Wildman–Crippen LogP) is 1.51. The van der Waals surface area contributed by atoms with Crippen molar-refractivity contribution in [1.29, 1.82) is 0 Å². The highest BCUT2D eigenvalue weighted by atomic mass is 16.4. The van der Waals surface area contributed by atoms with Crippen LogP contribution >= 0.6 is 0 Å². The van der Waals surface area contributed by atoms with E-state index in [2.05, 4.69) is 24.2 Å². The molecule has 21 heavy (non-hydrogen) atoms. The lowest BCUT2D eigenvalue weighted by molar-refractivity contribution is -0.148. The number of carbonyl (C=O) groups excluding carboxylic acids is 1. The van der Waals surface area contributed by atoms with Gasteiger partial charge in [0.25, 0.3) is 0 Å². The van der Waals surface area contributed by atoms with Crippen LogP contribution in [0, 0.1) is 0 Å². The van der Waals surface area contributed by atoms with Crippen LogP contribution in [0.2, 0.25) is 0 Å². The highest BCUT2D eigenvalue weighted by Crippen LogP contribution is 2.33. The summed E-state index contributed by atoms with van der Waals surface area (Å²) >= 11 is 0. The number of amides is 2. The smallest absolute Gasteiger partial charge is 0.329 e. The lowest BCUT2D eigenvalue weighted by Crippen LogP contribution is -2.58. The van der Waals surface area contributed by atoms with Crippen LogP contribution in [-0.2, 0) is 4.79 Å². The van der Waals surface area contributed by atoms with Gasteiger partial charge in [0.15, 0.2) is 0 Å². The van der Waals surface area contributed by atoms with Gasteiger partial charge in [-0.3, -0.25) is 0 Å². The topological polar surface area (TPSA) is 72.9 Å². The van der Waals surface area contributed by atoms with Gasteiger partial charge in [0.1, 0.15) is 5.54 Å². The van der Waals surface area contributed by atoms with Crippen LogP contribution in [0.4, 0.5) is 4.79 Å². The number of carbonyl (C=O) groups is 2. The van der Waals surface area contributed by atoms with Crippen LogP contribution in [0.3, 0.4) is 0 Å². The van der Waals surface area contributed by atoms with Crippen molar-refractivity contribution in [2.45, 2.75) is 63.6 Å². The minimum absolute atomic E-state index is 0.146. The van der Waals surface area contributed by atoms with Crippen molar-refractivity contribution in [3.8, 4) is 0 Å². The van der Waals surface area contributed by atoms with Gasteiger partial charge in [-0.1, -0.05) is 6.92 Å². The number of carboxylic acid groups (broad SMARTS) is 1. The van der Waals surface area contributed by atoms with Gasteiger partial charge in [0.05, 0.1) is 0 Å². The van der Waals surface area contributed by atoms with Crippen LogP contribution < -0.4 is 5.32 Å². The highest BCUT2D eigenvalue weighted by Gasteiger charge is 2.48. The zero-order valence-electron chi connectivity index (χ0n) is 13.3. The summed E-state index contributed by atoms with van der Waals surface area (Å²) in [6.07, 6.45) is 3.61. The third kappa shape index (κ3) is 3.00. The maximum absolute atomic E-state index is 12.5. The van der Waals surface area contributed by atoms with Gasteiger partial charge in [0.2, 0.25) is 0 Å². The van der Waals surface area contributed by atoms with E-state index in [1.807, 2.05) is 6.92 Å². The number of nitrogens with one attached hydrogen (secondary N) is 1. The fourth-order valence-corrected chi connectivity index (χ4v) is 3.59. The molecule has 3 unspecified atom stereocenters. The predicted molar refractivity (Wildman–Crippen MR) is 80.2 cm³/mol. The molecule has 0 aromatic heterocycles. The molecule has 120 valence electrons. The molecule has 0 aliphatic carbocycles. The Kier molecular flexibility index (Phi) is 4.76. The Morgan fingerprint density at radius 2 is 2.10 bits per heavy atom. The Bertz CT molecular complexity index is 415. The maximum Gasteiger partial charge on any atom is 0.329 e. The molecule has 2 fully saturated rings. The van der Waals surface area contributed by atoms with Crippen molar-refractivity contribution >= 4 is 12.0 Å². The van der Waals surface area contributed by atoms with Crippen molar-refractivity contribution in [3.63, 3.8) is 0 Å². The van der Waals surface area contributed by atoms with Crippen LogP contribution in [0.25, 0.3) is 0 Å². The van der Waals surface area contributed by atoms with Crippen molar-refractivity contribution in [2.24, 2.45) is 0 Å². The average molecular weight is 297 g/mol. The van der Waals surface area contributed by atoms with E-state index in [1.165, 1.54) is 0 Å². The van der Waals surface area contributed by atoms with Crippen LogP contribution in [-0.4, -0.2) is 64.7 Å². The van der Waals surface area contributed by atoms with E-state index in [9.17, 15) is 14.7 Å². The third-order valence-corrected chi connectivity index (χ3v) is 5.25. The second-order valence-electron chi connectivity index (χ2n) is 6.45. The molecule has 0 aromatic carbocycles. The van der Waals surface area contributed by atoms with Crippen molar-refractivity contribution in [1.82, 2.24) is 15.1 Å². The Morgan fingerprint density at radius 1 is 1.38 bits per heavy atom. The van der Waals surface area contributed by atoms with Crippen LogP contribution in [0.15, 0.2) is 0 Å². The summed E-state index contributed by atoms with van der Waals surface area (Å²) in [5, 5.41) is 12.6. The van der Waals surface area contributed by atoms with Crippen molar-refractivity contribution in [2.75, 3.05) is 20.1 Å². The normalized spacial score (nSPS) is 34.0. The van der Waals surface area contributed by atoms with Gasteiger partial charge in [-0.15, -0.1) is 0 Å². The molecule has 6 nitrogen and oxygen atoms in total. The van der Waals surface area contributed by atoms with E-state index in [-0.39, 0.29) is 12.1 Å². The number of hydrogen-bond acceptors (Lipinski definition) is 3. The third-order valence-electron chi connectivity index (χ3n) is 5.25. The number of nitrogens with zero attached hydrogens (tertiary/aromatic N) is 2. The standard InChI is InChI=1S/C15H27N3O3/c1-4-15(13(19)20)7-5-8-18(15)14(21)16-12-6-9-17(3)11(2)10-12/h11-12H,4-10H2,1-3H3,(H,16,21)(H,19,20). The summed E-state index contributed by atoms with van der Waals surface area (Å²) in [6.45, 7) is 5.50. The van der Waals surface area contributed by atoms with E-state index in [1.54, 1.807) is 4.90 Å². The minimum atomic E-state index is -1.01. The summed E-state index contributed by atoms with van der Waals surface area (Å²) in [7, 11) is 2.09. The Morgan fingerprint density at radius 3 is 2.67 bits per heavy atom. The first kappa shape index (κ1) is 16.1. The molecule has 2 aliphatic rings. The van der Waals surface area contributed by atoms with Gasteiger partial charge in [-0.2, -0.15) is 0 Å². The molecule has 2 amide bonds. The molecular weight excluding hydrogens is 270 g/mol. The van der Waals surface area contributed by atoms with E-state index in [0.29, 0.717) is 25.4 Å². The second-order valence-corrected chi connectivity index (χ2v) is 6.45. The second kappa shape index (κ2) is 6.22. The fraction of sp³-hybridized carbons (Fsp3) is 0.867. The maximum atomic E-state index is 12.5. The Hall–Kier alpha value is -1.30. The van der Waals surface area contributed by atoms with Gasteiger partial charge >= 0.3 is 12.0 Å². The highest BCUT2D eigenvalue weighted by molar-refractivity contribution is 5.87. The molecule has 2 heterocycles. The molecule has 2 rings (SSSR count). The molecule has 2 N–H and O–H groups in total. The van der Waals surface area contributed by atoms with E-state index in [0.717, 1.165) is 25.8 Å². The Balaban J connectivity index is 2.01. The zero-order chi connectivity index (χ0) is 15.6. The molecule has 2 aliphatic heterocycles. The lowest BCUT2D eigenvalue weighted by Gasteiger charge is -2.38. The summed E-state index contributed by atoms with van der Waals surface area (Å²) < 4.78 is 0. The van der Waals surface area contributed by atoms with Gasteiger partial charge < -0.3 is 20.2 Å². The van der Waals surface area contributed by atoms with Crippen molar-refractivity contribution < 1.29 is 14.7 Å². The molecule has 0 aromatic rings. The van der Waals surface area contributed by atoms with Crippen LogP contribution in [0.5, 0.6) is 0 Å². The summed E-state index contributed by atoms with van der Waals surface area (Å²) in [6, 6.07) is 0.379. The molecule has 6 heteroatoms. The monoisotopic (exact) mass is 297 g/mol. The molecule has 0 radical (unpaired) electrons. The molecule has 0 spiro atoms. The number of hydrogen-bond donors (Lipinski definition) is 2. The first-order valence-corrected chi connectivity index (χ1v) is 7.92. The van der Waals surface area contributed by atoms with Crippen LogP contribution in [0.1, 0.15) is 46.0 Å². The summed E-state index contributed by atoms with van der Waals surface area (Å²) in [4.78, 5) is 28.0. The lowest BCUT2D eigenvalue weighted by atomic mass is 9.93. The van der Waals surface area contributed by atoms with E-state index < -0.39 is 11.5 Å². The quantitative estimate of drug-likeness (QED) is 0.828. The Labute approximate surface area is 126 Å². The number of aliphatic carboxylic acids is 1. The number of piperidine rings is 1. The number of urea groups is 1. The minimum Gasteiger partial charge on any atom is -0.479 e. The van der Waals surface area contributed by atoms with Crippen molar-refractivity contribution in [3.05, 3.63) is 0 Å². The molecule has 2 saturated heterocycles. The summed E-state index contributed by atoms with van der Waals surface area (Å²) in [5.41, 5.74) is -1.01. The molecule has 0 bridgehead atoms. The van der Waals surface area contributed by atoms with Gasteiger partial charge in [-0.05, 0) is 46.1 Å².